The van der Waals surface area contributed by atoms with Crippen LogP contribution in [0.15, 0.2) is 35.6 Å². The second-order valence-corrected chi connectivity index (χ2v) is 8.91. The van der Waals surface area contributed by atoms with Crippen molar-refractivity contribution in [1.29, 1.82) is 0 Å². The molecule has 3 aromatic rings. The van der Waals surface area contributed by atoms with E-state index >= 15 is 0 Å². The molecule has 0 radical (unpaired) electrons. The lowest BCUT2D eigenvalue weighted by Crippen LogP contribution is -2.57. The normalized spacial score (nSPS) is 22.7. The van der Waals surface area contributed by atoms with Crippen LogP contribution in [0, 0.1) is 6.92 Å². The van der Waals surface area contributed by atoms with Gasteiger partial charge in [-0.2, -0.15) is 5.10 Å². The zero-order valence-corrected chi connectivity index (χ0v) is 15.7. The molecule has 0 unspecified atom stereocenters. The van der Waals surface area contributed by atoms with E-state index in [0.717, 1.165) is 5.56 Å². The number of aromatic nitrogens is 4. The van der Waals surface area contributed by atoms with Crippen molar-refractivity contribution in [3.8, 4) is 11.3 Å². The van der Waals surface area contributed by atoms with Gasteiger partial charge in [-0.1, -0.05) is 6.07 Å². The summed E-state index contributed by atoms with van der Waals surface area (Å²) in [6.07, 6.45) is 3.25. The van der Waals surface area contributed by atoms with Gasteiger partial charge in [0.2, 0.25) is 10.0 Å². The van der Waals surface area contributed by atoms with Crippen molar-refractivity contribution in [2.45, 2.75) is 43.2 Å². The van der Waals surface area contributed by atoms with Crippen molar-refractivity contribution >= 4 is 21.5 Å². The zero-order valence-electron chi connectivity index (χ0n) is 14.9. The van der Waals surface area contributed by atoms with E-state index in [2.05, 4.69) is 19.8 Å². The number of benzene rings is 1. The van der Waals surface area contributed by atoms with Crippen LogP contribution in [0.4, 0.5) is 5.82 Å². The average molecular weight is 388 g/mol. The van der Waals surface area contributed by atoms with E-state index in [0.29, 0.717) is 29.7 Å². The van der Waals surface area contributed by atoms with Crippen molar-refractivity contribution in [1.82, 2.24) is 24.3 Å². The predicted octanol–water partition coefficient (Wildman–Crippen LogP) is 0.874. The third-order valence-corrected chi connectivity index (χ3v) is 6.52. The smallest absolute Gasteiger partial charge is 0.241 e. The number of sulfonamides is 1. The van der Waals surface area contributed by atoms with Gasteiger partial charge in [0.1, 0.15) is 6.33 Å². The van der Waals surface area contributed by atoms with Gasteiger partial charge in [0.05, 0.1) is 22.9 Å². The second kappa shape index (κ2) is 5.98. The minimum Gasteiger partial charge on any atom is -0.393 e. The number of hydrogen-bond acceptors (Lipinski definition) is 7. The molecule has 0 atom stereocenters. The Hall–Kier alpha value is -2.56. The summed E-state index contributed by atoms with van der Waals surface area (Å²) in [6.45, 7) is 3.67. The van der Waals surface area contributed by atoms with Crippen LogP contribution in [-0.4, -0.2) is 44.7 Å². The van der Waals surface area contributed by atoms with E-state index in [1.807, 2.05) is 6.92 Å². The Morgan fingerprint density at radius 2 is 2.07 bits per heavy atom. The Kier molecular flexibility index (Phi) is 3.95. The molecule has 2 heterocycles. The topological polar surface area (TPSA) is 136 Å². The Bertz CT molecular complexity index is 1130. The minimum atomic E-state index is -3.74. The number of nitrogens with zero attached hydrogens (tertiary/aromatic N) is 4. The maximum atomic E-state index is 12.8. The maximum Gasteiger partial charge on any atom is 0.241 e. The summed E-state index contributed by atoms with van der Waals surface area (Å²) in [5.74, 6) is 0.246. The first-order valence-corrected chi connectivity index (χ1v) is 9.94. The van der Waals surface area contributed by atoms with E-state index < -0.39 is 21.7 Å². The van der Waals surface area contributed by atoms with Crippen LogP contribution in [0.25, 0.3) is 16.9 Å². The molecule has 1 aliphatic rings. The molecule has 10 heteroatoms. The Balaban J connectivity index is 1.76. The maximum absolute atomic E-state index is 12.8. The molecule has 1 saturated carbocycles. The summed E-state index contributed by atoms with van der Waals surface area (Å²) < 4.78 is 29.9. The molecule has 1 fully saturated rings. The van der Waals surface area contributed by atoms with Crippen molar-refractivity contribution in [2.24, 2.45) is 0 Å². The largest absolute Gasteiger partial charge is 0.393 e. The van der Waals surface area contributed by atoms with E-state index in [1.165, 1.54) is 10.8 Å². The number of rotatable bonds is 4. The highest BCUT2D eigenvalue weighted by Crippen LogP contribution is 2.34. The van der Waals surface area contributed by atoms with Crippen molar-refractivity contribution in [2.75, 3.05) is 5.73 Å². The fourth-order valence-corrected chi connectivity index (χ4v) is 4.96. The van der Waals surface area contributed by atoms with Gasteiger partial charge >= 0.3 is 0 Å². The van der Waals surface area contributed by atoms with Crippen LogP contribution in [0.1, 0.15) is 25.3 Å². The van der Waals surface area contributed by atoms with Crippen molar-refractivity contribution in [3.05, 3.63) is 36.3 Å². The number of fused-ring (bicyclic) bond motifs is 1. The predicted molar refractivity (Wildman–Crippen MR) is 99.3 cm³/mol. The van der Waals surface area contributed by atoms with Crippen LogP contribution >= 0.6 is 0 Å². The van der Waals surface area contributed by atoms with Crippen LogP contribution in [0.3, 0.4) is 0 Å². The second-order valence-electron chi connectivity index (χ2n) is 7.23. The molecule has 1 aromatic carbocycles. The molecule has 0 spiro atoms. The summed E-state index contributed by atoms with van der Waals surface area (Å²) in [4.78, 5) is 8.29. The van der Waals surface area contributed by atoms with Gasteiger partial charge in [-0.3, -0.25) is 0 Å². The first-order chi connectivity index (χ1) is 12.7. The van der Waals surface area contributed by atoms with Gasteiger partial charge < -0.3 is 10.8 Å². The molecule has 0 saturated heterocycles. The third kappa shape index (κ3) is 3.05. The summed E-state index contributed by atoms with van der Waals surface area (Å²) in [7, 11) is -3.74. The summed E-state index contributed by atoms with van der Waals surface area (Å²) in [5.41, 5.74) is 7.79. The molecule has 4 rings (SSSR count). The molecular formula is C17H20N6O3S. The molecule has 4 N–H and O–H groups in total. The van der Waals surface area contributed by atoms with E-state index in [-0.39, 0.29) is 10.7 Å². The van der Waals surface area contributed by atoms with Crippen LogP contribution in [0.5, 0.6) is 0 Å². The molecule has 1 aliphatic carbocycles. The first kappa shape index (κ1) is 17.8. The average Bonchev–Trinajstić information content (AvgIpc) is 2.98. The lowest BCUT2D eigenvalue weighted by atomic mass is 9.77. The highest BCUT2D eigenvalue weighted by atomic mass is 32.2. The number of anilines is 1. The van der Waals surface area contributed by atoms with Gasteiger partial charge in [0.25, 0.3) is 0 Å². The summed E-state index contributed by atoms with van der Waals surface area (Å²) >= 11 is 0. The number of nitrogens with one attached hydrogen (secondary N) is 1. The molecule has 0 aliphatic heterocycles. The Labute approximate surface area is 156 Å². The molecule has 0 bridgehead atoms. The van der Waals surface area contributed by atoms with Gasteiger partial charge in [-0.15, -0.1) is 0 Å². The fourth-order valence-electron chi connectivity index (χ4n) is 3.51. The third-order valence-electron chi connectivity index (χ3n) is 4.88. The highest BCUT2D eigenvalue weighted by Gasteiger charge is 2.42. The van der Waals surface area contributed by atoms with Crippen LogP contribution in [-0.2, 0) is 10.0 Å². The van der Waals surface area contributed by atoms with E-state index in [4.69, 9.17) is 5.73 Å². The standard InChI is InChI=1S/C17H20N6O3S/c1-10-3-4-12(27(25,26)22-17(2)6-11(24)7-17)5-13(10)14-8-19-16-15(18)20-9-21-23(14)16/h3-5,8-9,11,22,24H,6-7H2,1-2H3,(H2,18,20,21)/t11-,17-. The fraction of sp³-hybridized carbons (Fsp3) is 0.353. The Morgan fingerprint density at radius 1 is 1.33 bits per heavy atom. The minimum absolute atomic E-state index is 0.141. The monoisotopic (exact) mass is 388 g/mol. The molecule has 0 amide bonds. The lowest BCUT2D eigenvalue weighted by molar-refractivity contribution is 0.0238. The summed E-state index contributed by atoms with van der Waals surface area (Å²) in [5, 5.41) is 13.7. The van der Waals surface area contributed by atoms with Gasteiger partial charge in [0, 0.05) is 11.1 Å². The summed E-state index contributed by atoms with van der Waals surface area (Å²) in [6, 6.07) is 4.90. The number of nitrogens with two attached hydrogens (primary N) is 1. The number of imidazole rings is 1. The molecule has 2 aromatic heterocycles. The number of aryl methyl sites for hydroxylation is 1. The number of aliphatic hydroxyl groups excluding tert-OH is 1. The van der Waals surface area contributed by atoms with E-state index in [9.17, 15) is 13.5 Å². The lowest BCUT2D eigenvalue weighted by Gasteiger charge is -2.42. The number of aliphatic hydroxyl groups is 1. The first-order valence-electron chi connectivity index (χ1n) is 8.46. The van der Waals surface area contributed by atoms with Gasteiger partial charge in [0.15, 0.2) is 11.5 Å². The van der Waals surface area contributed by atoms with Crippen LogP contribution in [0.2, 0.25) is 0 Å². The SMILES string of the molecule is Cc1ccc(S(=O)(=O)N[C@]2(C)C[C@@H](O)C2)cc1-c1cnc2c(N)ncnn12. The Morgan fingerprint density at radius 3 is 2.78 bits per heavy atom. The van der Waals surface area contributed by atoms with E-state index in [1.54, 1.807) is 31.3 Å². The zero-order chi connectivity index (χ0) is 19.4. The molecule has 9 nitrogen and oxygen atoms in total. The van der Waals surface area contributed by atoms with Crippen molar-refractivity contribution < 1.29 is 13.5 Å². The van der Waals surface area contributed by atoms with Crippen molar-refractivity contribution in [3.63, 3.8) is 0 Å². The number of hydrogen-bond donors (Lipinski definition) is 3. The van der Waals surface area contributed by atoms with Gasteiger partial charge in [-0.25, -0.2) is 27.6 Å². The van der Waals surface area contributed by atoms with Crippen LogP contribution < -0.4 is 10.5 Å². The number of nitrogen functional groups attached to an aromatic ring is 1. The van der Waals surface area contributed by atoms with Gasteiger partial charge in [-0.05, 0) is 44.4 Å². The molecular weight excluding hydrogens is 368 g/mol. The molecule has 142 valence electrons. The quantitative estimate of drug-likeness (QED) is 0.603. The highest BCUT2D eigenvalue weighted by molar-refractivity contribution is 7.89. The molecule has 27 heavy (non-hydrogen) atoms.